The molecule has 0 bridgehead atoms. The number of hydrogen-bond acceptors (Lipinski definition) is 0. The van der Waals surface area contributed by atoms with Crippen molar-refractivity contribution in [3.8, 4) is 0 Å². The third kappa shape index (κ3) is 3.22. The summed E-state index contributed by atoms with van der Waals surface area (Å²) < 4.78 is 0. The molecule has 0 fully saturated rings. The zero-order valence-electron chi connectivity index (χ0n) is 7.31. The second kappa shape index (κ2) is 4.08. The molecule has 0 saturated heterocycles. The van der Waals surface area contributed by atoms with Crippen molar-refractivity contribution in [3.63, 3.8) is 0 Å². The van der Waals surface area contributed by atoms with Crippen LogP contribution in [-0.2, 0) is 27.1 Å². The summed E-state index contributed by atoms with van der Waals surface area (Å²) in [5.41, 5.74) is 1.51. The molecule has 0 aromatic heterocycles. The van der Waals surface area contributed by atoms with Gasteiger partial charge in [-0.1, -0.05) is 20.8 Å². The quantitative estimate of drug-likeness (QED) is 0.426. The first-order chi connectivity index (χ1) is 4.61. The Morgan fingerprint density at radius 3 is 2.09 bits per heavy atom. The van der Waals surface area contributed by atoms with Gasteiger partial charge in [-0.2, -0.15) is 35.9 Å². The Kier molecular flexibility index (Phi) is 4.06. The van der Waals surface area contributed by atoms with Gasteiger partial charge in [0.05, 0.1) is 0 Å². The van der Waals surface area contributed by atoms with Crippen LogP contribution in [0.5, 0.6) is 0 Å². The monoisotopic (exact) mass is 181 g/mol. The second-order valence-electron chi connectivity index (χ2n) is 3.53. The van der Waals surface area contributed by atoms with E-state index in [4.69, 9.17) is 0 Å². The van der Waals surface area contributed by atoms with Crippen molar-refractivity contribution in [2.75, 3.05) is 0 Å². The summed E-state index contributed by atoms with van der Waals surface area (Å²) >= 11 is 0. The summed E-state index contributed by atoms with van der Waals surface area (Å²) in [5, 5.41) is 0. The van der Waals surface area contributed by atoms with Gasteiger partial charge in [-0.05, 0) is 5.41 Å². The van der Waals surface area contributed by atoms with Crippen molar-refractivity contribution in [1.29, 1.82) is 0 Å². The van der Waals surface area contributed by atoms with Crippen LogP contribution in [0.25, 0.3) is 0 Å². The van der Waals surface area contributed by atoms with Gasteiger partial charge in [0.1, 0.15) is 0 Å². The minimum absolute atomic E-state index is 0. The average molecular weight is 181 g/mol. The number of hydrogen-bond donors (Lipinski definition) is 0. The number of benzene rings is 1. The van der Waals surface area contributed by atoms with E-state index in [1.165, 1.54) is 5.56 Å². The molecule has 11 heavy (non-hydrogen) atoms. The van der Waals surface area contributed by atoms with Crippen LogP contribution < -0.4 is 0 Å². The van der Waals surface area contributed by atoms with Crippen LogP contribution in [0.2, 0.25) is 0 Å². The third-order valence-corrected chi connectivity index (χ3v) is 1.52. The maximum absolute atomic E-state index is 3.21. The molecule has 0 unspecified atom stereocenters. The predicted octanol–water partition coefficient (Wildman–Crippen LogP) is 2.78. The Labute approximate surface area is 83.9 Å². The van der Waals surface area contributed by atoms with Crippen LogP contribution in [0.3, 0.4) is 0 Å². The average Bonchev–Trinajstić information content (AvgIpc) is 1.88. The molecule has 0 saturated carbocycles. The van der Waals surface area contributed by atoms with E-state index in [1.807, 2.05) is 12.1 Å². The van der Waals surface area contributed by atoms with Gasteiger partial charge in [-0.15, -0.1) is 0 Å². The van der Waals surface area contributed by atoms with Crippen molar-refractivity contribution in [3.05, 3.63) is 35.9 Å². The maximum atomic E-state index is 3.21. The van der Waals surface area contributed by atoms with E-state index in [9.17, 15) is 0 Å². The molecule has 0 amide bonds. The molecule has 58 valence electrons. The molecule has 0 spiro atoms. The minimum Gasteiger partial charge on any atom is -0.180 e. The van der Waals surface area contributed by atoms with E-state index in [-0.39, 0.29) is 27.1 Å². The molecule has 1 rings (SSSR count). The van der Waals surface area contributed by atoms with Crippen molar-refractivity contribution >= 4 is 0 Å². The maximum Gasteiger partial charge on any atom is 0 e. The van der Waals surface area contributed by atoms with Crippen LogP contribution in [-0.4, -0.2) is 0 Å². The Morgan fingerprint density at radius 2 is 1.82 bits per heavy atom. The summed E-state index contributed by atoms with van der Waals surface area (Å²) in [6.07, 6.45) is 0. The van der Waals surface area contributed by atoms with Crippen molar-refractivity contribution in [1.82, 2.24) is 0 Å². The van der Waals surface area contributed by atoms with Gasteiger partial charge in [0.2, 0.25) is 0 Å². The molecular formula is C10H13Ti-. The molecule has 1 heteroatoms. The zero-order valence-corrected chi connectivity index (χ0v) is 8.87. The van der Waals surface area contributed by atoms with Crippen LogP contribution >= 0.6 is 0 Å². The summed E-state index contributed by atoms with van der Waals surface area (Å²) in [6, 6.07) is 11.3. The fourth-order valence-corrected chi connectivity index (χ4v) is 0.860. The topological polar surface area (TPSA) is 0 Å². The predicted molar refractivity (Wildman–Crippen MR) is 44.0 cm³/mol. The Hall–Kier alpha value is -0.0657. The molecule has 1 aromatic carbocycles. The summed E-state index contributed by atoms with van der Waals surface area (Å²) in [6.45, 7) is 6.58. The summed E-state index contributed by atoms with van der Waals surface area (Å²) in [5.74, 6) is 0. The van der Waals surface area contributed by atoms with E-state index >= 15 is 0 Å². The van der Waals surface area contributed by atoms with Crippen molar-refractivity contribution < 1.29 is 21.7 Å². The van der Waals surface area contributed by atoms with E-state index in [2.05, 4.69) is 39.0 Å². The van der Waals surface area contributed by atoms with E-state index in [0.29, 0.717) is 0 Å². The molecule has 0 heterocycles. The van der Waals surface area contributed by atoms with Crippen molar-refractivity contribution in [2.45, 2.75) is 26.2 Å². The van der Waals surface area contributed by atoms with Crippen LogP contribution in [0.1, 0.15) is 26.3 Å². The second-order valence-corrected chi connectivity index (χ2v) is 3.53. The Bertz CT molecular complexity index is 196. The molecule has 0 aliphatic carbocycles. The van der Waals surface area contributed by atoms with Crippen LogP contribution in [0.15, 0.2) is 24.3 Å². The molecule has 0 radical (unpaired) electrons. The van der Waals surface area contributed by atoms with Crippen molar-refractivity contribution in [2.24, 2.45) is 0 Å². The Morgan fingerprint density at radius 1 is 1.18 bits per heavy atom. The van der Waals surface area contributed by atoms with E-state index in [1.54, 1.807) is 0 Å². The number of rotatable bonds is 0. The fraction of sp³-hybridized carbons (Fsp3) is 0.400. The molecule has 1 aromatic rings. The molecule has 0 N–H and O–H groups in total. The standard InChI is InChI=1S/C10H13.Ti/c1-10(2,3)9-7-5-4-6-8-9;/h4-7H,1-3H3;/q-1;. The molecule has 0 nitrogen and oxygen atoms in total. The van der Waals surface area contributed by atoms with Gasteiger partial charge in [0.15, 0.2) is 0 Å². The van der Waals surface area contributed by atoms with Gasteiger partial charge in [0.25, 0.3) is 0 Å². The van der Waals surface area contributed by atoms with E-state index < -0.39 is 0 Å². The first kappa shape index (κ1) is 10.9. The van der Waals surface area contributed by atoms with E-state index in [0.717, 1.165) is 0 Å². The van der Waals surface area contributed by atoms with Crippen LogP contribution in [0, 0.1) is 6.07 Å². The molecule has 0 aliphatic heterocycles. The third-order valence-electron chi connectivity index (χ3n) is 1.52. The molecular weight excluding hydrogens is 168 g/mol. The first-order valence-corrected chi connectivity index (χ1v) is 3.58. The van der Waals surface area contributed by atoms with Gasteiger partial charge in [-0.25, -0.2) is 0 Å². The summed E-state index contributed by atoms with van der Waals surface area (Å²) in [7, 11) is 0. The van der Waals surface area contributed by atoms with Gasteiger partial charge < -0.3 is 0 Å². The fourth-order valence-electron chi connectivity index (χ4n) is 0.860. The SMILES string of the molecule is CC(C)(C)c1[c-]cccc1.[Ti]. The molecule has 0 aliphatic rings. The van der Waals surface area contributed by atoms with Gasteiger partial charge in [0, 0.05) is 21.7 Å². The Balaban J connectivity index is 0.000001000. The zero-order chi connectivity index (χ0) is 7.61. The summed E-state index contributed by atoms with van der Waals surface area (Å²) in [4.78, 5) is 0. The van der Waals surface area contributed by atoms with Gasteiger partial charge >= 0.3 is 0 Å². The van der Waals surface area contributed by atoms with Crippen LogP contribution in [0.4, 0.5) is 0 Å². The minimum atomic E-state index is 0. The normalized spacial score (nSPS) is 10.5. The smallest absolute Gasteiger partial charge is 0 e. The van der Waals surface area contributed by atoms with Gasteiger partial charge in [-0.3, -0.25) is 0 Å². The first-order valence-electron chi connectivity index (χ1n) is 3.58. The molecule has 0 atom stereocenters. The largest absolute Gasteiger partial charge is 0.180 e.